The van der Waals surface area contributed by atoms with E-state index in [4.69, 9.17) is 10.2 Å². The number of carboxylic acid groups (broad SMARTS) is 1. The Morgan fingerprint density at radius 3 is 2.53 bits per heavy atom. The Labute approximate surface area is 111 Å². The van der Waals surface area contributed by atoms with E-state index in [-0.39, 0.29) is 6.54 Å². The van der Waals surface area contributed by atoms with Crippen LogP contribution >= 0.6 is 0 Å². The second-order valence-corrected chi connectivity index (χ2v) is 4.39. The van der Waals surface area contributed by atoms with Crippen LogP contribution in [0.1, 0.15) is 11.1 Å². The number of carbonyl (C=O) groups is 2. The number of aliphatic carboxylic acids is 1. The van der Waals surface area contributed by atoms with Crippen molar-refractivity contribution in [1.82, 2.24) is 5.32 Å². The normalized spacial score (nSPS) is 11.8. The fourth-order valence-electron chi connectivity index (χ4n) is 1.68. The first kappa shape index (κ1) is 15.0. The molecule has 0 bridgehead atoms. The first-order valence-electron chi connectivity index (χ1n) is 5.82. The van der Waals surface area contributed by atoms with Gasteiger partial charge in [0.1, 0.15) is 0 Å². The number of hydrogen-bond acceptors (Lipinski definition) is 3. The predicted octanol–water partition coefficient (Wildman–Crippen LogP) is 0.895. The molecule has 0 spiro atoms. The molecule has 0 fully saturated rings. The predicted molar refractivity (Wildman–Crippen MR) is 71.4 cm³/mol. The highest BCUT2D eigenvalue weighted by Crippen LogP contribution is 2.19. The summed E-state index contributed by atoms with van der Waals surface area (Å²) in [5.74, 6) is -1.37. The van der Waals surface area contributed by atoms with Crippen molar-refractivity contribution in [3.63, 3.8) is 0 Å². The third-order valence-corrected chi connectivity index (χ3v) is 2.75. The largest absolute Gasteiger partial charge is 0.479 e. The Hall–Kier alpha value is -2.08. The molecule has 0 saturated carbocycles. The van der Waals surface area contributed by atoms with Crippen LogP contribution in [-0.4, -0.2) is 41.9 Å². The van der Waals surface area contributed by atoms with Crippen LogP contribution in [0.15, 0.2) is 18.2 Å². The van der Waals surface area contributed by atoms with Crippen molar-refractivity contribution >= 4 is 17.7 Å². The van der Waals surface area contributed by atoms with Crippen LogP contribution in [0, 0.1) is 13.8 Å². The van der Waals surface area contributed by atoms with Gasteiger partial charge in [-0.3, -0.25) is 4.90 Å². The molecule has 0 aliphatic carbocycles. The van der Waals surface area contributed by atoms with E-state index in [0.717, 1.165) is 16.8 Å². The first-order chi connectivity index (χ1) is 8.82. The maximum Gasteiger partial charge on any atom is 0.334 e. The monoisotopic (exact) mass is 266 g/mol. The van der Waals surface area contributed by atoms with E-state index in [0.29, 0.717) is 0 Å². The van der Waals surface area contributed by atoms with Crippen molar-refractivity contribution in [3.8, 4) is 0 Å². The molecule has 6 heteroatoms. The van der Waals surface area contributed by atoms with E-state index in [2.05, 4.69) is 5.32 Å². The number of anilines is 1. The number of hydrogen-bond donors (Lipinski definition) is 3. The minimum Gasteiger partial charge on any atom is -0.479 e. The molecule has 6 nitrogen and oxygen atoms in total. The SMILES string of the molecule is Cc1ccc(N(C)C(=O)NCC(O)C(=O)O)c(C)c1. The highest BCUT2D eigenvalue weighted by atomic mass is 16.4. The number of nitrogens with zero attached hydrogens (tertiary/aromatic N) is 1. The van der Waals surface area contributed by atoms with Crippen LogP contribution in [0.2, 0.25) is 0 Å². The molecule has 1 rings (SSSR count). The lowest BCUT2D eigenvalue weighted by Gasteiger charge is -2.21. The van der Waals surface area contributed by atoms with Crippen molar-refractivity contribution in [1.29, 1.82) is 0 Å². The van der Waals surface area contributed by atoms with Crippen molar-refractivity contribution in [2.75, 3.05) is 18.5 Å². The molecule has 0 heterocycles. The maximum absolute atomic E-state index is 11.8. The molecule has 1 unspecified atom stereocenters. The van der Waals surface area contributed by atoms with Crippen LogP contribution in [-0.2, 0) is 4.79 Å². The van der Waals surface area contributed by atoms with Gasteiger partial charge in [0.25, 0.3) is 0 Å². The standard InChI is InChI=1S/C13H18N2O4/c1-8-4-5-10(9(2)6-8)15(3)13(19)14-7-11(16)12(17)18/h4-6,11,16H,7H2,1-3H3,(H,14,19)(H,17,18). The molecule has 1 aromatic rings. The number of urea groups is 1. The van der Waals surface area contributed by atoms with Gasteiger partial charge < -0.3 is 15.5 Å². The zero-order valence-electron chi connectivity index (χ0n) is 11.2. The van der Waals surface area contributed by atoms with Crippen molar-refractivity contribution in [3.05, 3.63) is 29.3 Å². The molecular weight excluding hydrogens is 248 g/mol. The van der Waals surface area contributed by atoms with E-state index >= 15 is 0 Å². The Morgan fingerprint density at radius 2 is 2.00 bits per heavy atom. The summed E-state index contributed by atoms with van der Waals surface area (Å²) in [5.41, 5.74) is 2.76. The van der Waals surface area contributed by atoms with Gasteiger partial charge >= 0.3 is 12.0 Å². The molecule has 0 aliphatic heterocycles. The van der Waals surface area contributed by atoms with Crippen molar-refractivity contribution in [2.24, 2.45) is 0 Å². The summed E-state index contributed by atoms with van der Waals surface area (Å²) >= 11 is 0. The molecule has 3 N–H and O–H groups in total. The van der Waals surface area contributed by atoms with Gasteiger partial charge in [0.15, 0.2) is 6.10 Å². The summed E-state index contributed by atoms with van der Waals surface area (Å²) in [5, 5.41) is 20.0. The number of carboxylic acids is 1. The van der Waals surface area contributed by atoms with Crippen LogP contribution < -0.4 is 10.2 Å². The van der Waals surface area contributed by atoms with Crippen LogP contribution in [0.4, 0.5) is 10.5 Å². The van der Waals surface area contributed by atoms with Crippen LogP contribution in [0.5, 0.6) is 0 Å². The Balaban J connectivity index is 2.69. The van der Waals surface area contributed by atoms with E-state index in [1.54, 1.807) is 7.05 Å². The van der Waals surface area contributed by atoms with Gasteiger partial charge in [-0.15, -0.1) is 0 Å². The highest BCUT2D eigenvalue weighted by molar-refractivity contribution is 5.92. The molecule has 2 amide bonds. The lowest BCUT2D eigenvalue weighted by molar-refractivity contribution is -0.146. The number of carbonyl (C=O) groups excluding carboxylic acids is 1. The third-order valence-electron chi connectivity index (χ3n) is 2.75. The zero-order valence-corrected chi connectivity index (χ0v) is 11.2. The minimum atomic E-state index is -1.60. The molecule has 19 heavy (non-hydrogen) atoms. The summed E-state index contributed by atoms with van der Waals surface area (Å²) in [7, 11) is 1.58. The zero-order chi connectivity index (χ0) is 14.6. The second kappa shape index (κ2) is 6.19. The van der Waals surface area contributed by atoms with E-state index < -0.39 is 18.1 Å². The molecule has 1 aromatic carbocycles. The minimum absolute atomic E-state index is 0.330. The van der Waals surface area contributed by atoms with Crippen molar-refractivity contribution < 1.29 is 19.8 Å². The van der Waals surface area contributed by atoms with Gasteiger partial charge in [-0.1, -0.05) is 17.7 Å². The Bertz CT molecular complexity index is 488. The summed E-state index contributed by atoms with van der Waals surface area (Å²) in [6.07, 6.45) is -1.60. The molecule has 104 valence electrons. The van der Waals surface area contributed by atoms with Crippen LogP contribution in [0.25, 0.3) is 0 Å². The fourth-order valence-corrected chi connectivity index (χ4v) is 1.68. The average molecular weight is 266 g/mol. The topological polar surface area (TPSA) is 89.9 Å². The number of aliphatic hydroxyl groups is 1. The number of amides is 2. The van der Waals surface area contributed by atoms with Crippen molar-refractivity contribution in [2.45, 2.75) is 20.0 Å². The molecule has 0 aliphatic rings. The van der Waals surface area contributed by atoms with Gasteiger partial charge in [-0.2, -0.15) is 0 Å². The fraction of sp³-hybridized carbons (Fsp3) is 0.385. The van der Waals surface area contributed by atoms with Gasteiger partial charge in [-0.05, 0) is 25.5 Å². The number of aliphatic hydroxyl groups excluding tert-OH is 1. The average Bonchev–Trinajstić information content (AvgIpc) is 2.34. The quantitative estimate of drug-likeness (QED) is 0.755. The van der Waals surface area contributed by atoms with E-state index in [1.165, 1.54) is 4.90 Å². The van der Waals surface area contributed by atoms with Crippen LogP contribution in [0.3, 0.4) is 0 Å². The molecule has 0 saturated heterocycles. The first-order valence-corrected chi connectivity index (χ1v) is 5.82. The smallest absolute Gasteiger partial charge is 0.334 e. The number of benzene rings is 1. The number of aryl methyl sites for hydroxylation is 2. The van der Waals surface area contributed by atoms with Gasteiger partial charge in [-0.25, -0.2) is 9.59 Å². The number of nitrogens with one attached hydrogen (secondary N) is 1. The number of rotatable bonds is 4. The lowest BCUT2D eigenvalue weighted by atomic mass is 10.1. The van der Waals surface area contributed by atoms with Gasteiger partial charge in [0.2, 0.25) is 0 Å². The summed E-state index contributed by atoms with van der Waals surface area (Å²) in [6, 6.07) is 5.19. The maximum atomic E-state index is 11.8. The Kier molecular flexibility index (Phi) is 4.88. The van der Waals surface area contributed by atoms with Gasteiger partial charge in [0, 0.05) is 12.7 Å². The lowest BCUT2D eigenvalue weighted by Crippen LogP contribution is -2.43. The van der Waals surface area contributed by atoms with E-state index in [9.17, 15) is 9.59 Å². The molecule has 1 atom stereocenters. The molecule has 0 radical (unpaired) electrons. The molecular formula is C13H18N2O4. The highest BCUT2D eigenvalue weighted by Gasteiger charge is 2.17. The Morgan fingerprint density at radius 1 is 1.37 bits per heavy atom. The summed E-state index contributed by atoms with van der Waals surface area (Å²) in [6.45, 7) is 3.52. The van der Waals surface area contributed by atoms with Gasteiger partial charge in [0.05, 0.1) is 6.54 Å². The third kappa shape index (κ3) is 3.96. The summed E-state index contributed by atoms with van der Waals surface area (Å²) in [4.78, 5) is 23.6. The summed E-state index contributed by atoms with van der Waals surface area (Å²) < 4.78 is 0. The van der Waals surface area contributed by atoms with E-state index in [1.807, 2.05) is 32.0 Å². The second-order valence-electron chi connectivity index (χ2n) is 4.39. The molecule has 0 aromatic heterocycles.